The van der Waals surface area contributed by atoms with Crippen LogP contribution in [0.15, 0.2) is 82.6 Å². The molecule has 0 N–H and O–H groups in total. The number of ether oxygens (including phenoxy) is 1. The zero-order valence-corrected chi connectivity index (χ0v) is 24.9. The molecule has 2 fully saturated rings. The number of sulfonamides is 1. The summed E-state index contributed by atoms with van der Waals surface area (Å²) < 4.78 is 35.8. The van der Waals surface area contributed by atoms with Crippen LogP contribution in [-0.4, -0.2) is 59.9 Å². The number of halogens is 1. The third-order valence-electron chi connectivity index (χ3n) is 7.64. The van der Waals surface area contributed by atoms with Gasteiger partial charge in [-0.2, -0.15) is 14.1 Å². The molecule has 0 bridgehead atoms. The fourth-order valence-electron chi connectivity index (χ4n) is 5.47. The van der Waals surface area contributed by atoms with Gasteiger partial charge in [0, 0.05) is 36.1 Å². The third-order valence-corrected chi connectivity index (χ3v) is 11.4. The first kappa shape index (κ1) is 28.1. The van der Waals surface area contributed by atoms with Gasteiger partial charge in [-0.1, -0.05) is 54.1 Å². The van der Waals surface area contributed by atoms with E-state index in [0.717, 1.165) is 41.4 Å². The summed E-state index contributed by atoms with van der Waals surface area (Å²) in [5.74, 6) is 0.259. The van der Waals surface area contributed by atoms with Crippen LogP contribution in [0, 0.1) is 0 Å². The summed E-state index contributed by atoms with van der Waals surface area (Å²) in [6.07, 6.45) is 5.57. The molecule has 0 unspecified atom stereocenters. The third kappa shape index (κ3) is 6.11. The summed E-state index contributed by atoms with van der Waals surface area (Å²) in [5, 5.41) is 7.06. The van der Waals surface area contributed by atoms with E-state index >= 15 is 0 Å². The first-order valence-electron chi connectivity index (χ1n) is 13.8. The SMILES string of the molecule is O=c1c(OC2CCCC2)c(N2CCN(S(=O)(=O)CSc3cccc4ccccc34)CC2)cnn1-c1cccc(Cl)c1. The number of anilines is 1. The molecule has 0 atom stereocenters. The Hall–Kier alpha value is -3.05. The van der Waals surface area contributed by atoms with E-state index in [0.29, 0.717) is 42.6 Å². The quantitative estimate of drug-likeness (QED) is 0.241. The highest BCUT2D eigenvalue weighted by Gasteiger charge is 2.30. The Labute approximate surface area is 248 Å². The van der Waals surface area contributed by atoms with Crippen molar-refractivity contribution in [1.82, 2.24) is 14.1 Å². The van der Waals surface area contributed by atoms with Crippen LogP contribution in [0.2, 0.25) is 5.02 Å². The number of hydrogen-bond acceptors (Lipinski definition) is 7. The molecule has 8 nitrogen and oxygen atoms in total. The second-order valence-corrected chi connectivity index (χ2v) is 14.1. The van der Waals surface area contributed by atoms with Gasteiger partial charge in [-0.3, -0.25) is 4.79 Å². The molecule has 1 aliphatic carbocycles. The highest BCUT2D eigenvalue weighted by atomic mass is 35.5. The van der Waals surface area contributed by atoms with E-state index in [1.165, 1.54) is 16.4 Å². The molecule has 2 heterocycles. The molecule has 2 aliphatic rings. The Balaban J connectivity index is 1.19. The van der Waals surface area contributed by atoms with Crippen LogP contribution in [0.4, 0.5) is 5.69 Å². The minimum absolute atomic E-state index is 0.0237. The Morgan fingerprint density at radius 3 is 2.46 bits per heavy atom. The fraction of sp³-hybridized carbons (Fsp3) is 0.333. The summed E-state index contributed by atoms with van der Waals surface area (Å²) in [7, 11) is -3.50. The lowest BCUT2D eigenvalue weighted by atomic mass is 10.1. The summed E-state index contributed by atoms with van der Waals surface area (Å²) in [6, 6.07) is 20.9. The summed E-state index contributed by atoms with van der Waals surface area (Å²) in [5.41, 5.74) is 0.811. The molecule has 0 spiro atoms. The van der Waals surface area contributed by atoms with Crippen LogP contribution < -0.4 is 15.2 Å². The van der Waals surface area contributed by atoms with Crippen molar-refractivity contribution in [2.75, 3.05) is 36.2 Å². The molecule has 4 aromatic rings. The van der Waals surface area contributed by atoms with Crippen molar-refractivity contribution >= 4 is 49.8 Å². The maximum atomic E-state index is 13.7. The van der Waals surface area contributed by atoms with Crippen molar-refractivity contribution in [3.63, 3.8) is 0 Å². The Morgan fingerprint density at radius 1 is 0.951 bits per heavy atom. The van der Waals surface area contributed by atoms with Gasteiger partial charge in [0.05, 0.1) is 18.0 Å². The molecule has 41 heavy (non-hydrogen) atoms. The molecule has 6 rings (SSSR count). The lowest BCUT2D eigenvalue weighted by Gasteiger charge is -2.36. The molecule has 214 valence electrons. The summed E-state index contributed by atoms with van der Waals surface area (Å²) in [4.78, 5) is 16.6. The van der Waals surface area contributed by atoms with E-state index < -0.39 is 10.0 Å². The molecule has 0 amide bonds. The van der Waals surface area contributed by atoms with Crippen LogP contribution in [0.5, 0.6) is 5.75 Å². The van der Waals surface area contributed by atoms with E-state index in [1.807, 2.05) is 47.4 Å². The number of nitrogens with zero attached hydrogens (tertiary/aromatic N) is 4. The van der Waals surface area contributed by atoms with E-state index in [9.17, 15) is 13.2 Å². The fourth-order valence-corrected chi connectivity index (χ4v) is 8.59. The zero-order chi connectivity index (χ0) is 28.4. The maximum Gasteiger partial charge on any atom is 0.316 e. The minimum atomic E-state index is -3.50. The van der Waals surface area contributed by atoms with Crippen molar-refractivity contribution in [2.45, 2.75) is 36.7 Å². The van der Waals surface area contributed by atoms with Gasteiger partial charge in [0.2, 0.25) is 15.8 Å². The van der Waals surface area contributed by atoms with Crippen LogP contribution >= 0.6 is 23.4 Å². The molecule has 1 saturated heterocycles. The van der Waals surface area contributed by atoms with E-state index in [2.05, 4.69) is 5.10 Å². The van der Waals surface area contributed by atoms with Crippen LogP contribution in [0.1, 0.15) is 25.7 Å². The van der Waals surface area contributed by atoms with Gasteiger partial charge in [0.15, 0.2) is 0 Å². The van der Waals surface area contributed by atoms with Crippen molar-refractivity contribution in [1.29, 1.82) is 0 Å². The van der Waals surface area contributed by atoms with Crippen molar-refractivity contribution in [2.24, 2.45) is 0 Å². The minimum Gasteiger partial charge on any atom is -0.483 e. The molecule has 11 heteroatoms. The molecule has 1 saturated carbocycles. The highest BCUT2D eigenvalue weighted by molar-refractivity contribution is 8.11. The van der Waals surface area contributed by atoms with Crippen LogP contribution in [-0.2, 0) is 10.0 Å². The van der Waals surface area contributed by atoms with Crippen molar-refractivity contribution in [3.05, 3.63) is 88.3 Å². The zero-order valence-electron chi connectivity index (χ0n) is 22.5. The Kier molecular flexibility index (Phi) is 8.26. The highest BCUT2D eigenvalue weighted by Crippen LogP contribution is 2.32. The number of aromatic nitrogens is 2. The van der Waals surface area contributed by atoms with E-state index in [-0.39, 0.29) is 22.5 Å². The van der Waals surface area contributed by atoms with E-state index in [4.69, 9.17) is 16.3 Å². The largest absolute Gasteiger partial charge is 0.483 e. The second kappa shape index (κ2) is 12.1. The molecule has 3 aromatic carbocycles. The number of fused-ring (bicyclic) bond motifs is 1. The molecular formula is C30H31ClN4O4S2. The summed E-state index contributed by atoms with van der Waals surface area (Å²) >= 11 is 7.52. The predicted octanol–water partition coefficient (Wildman–Crippen LogP) is 5.56. The van der Waals surface area contributed by atoms with E-state index in [1.54, 1.807) is 34.8 Å². The molecule has 0 radical (unpaired) electrons. The smallest absolute Gasteiger partial charge is 0.316 e. The molecular weight excluding hydrogens is 580 g/mol. The lowest BCUT2D eigenvalue weighted by molar-refractivity contribution is 0.205. The first-order chi connectivity index (χ1) is 19.9. The molecule has 1 aliphatic heterocycles. The average molecular weight is 611 g/mol. The van der Waals surface area contributed by atoms with Crippen LogP contribution in [0.3, 0.4) is 0 Å². The first-order valence-corrected chi connectivity index (χ1v) is 16.7. The topological polar surface area (TPSA) is 84.7 Å². The lowest BCUT2D eigenvalue weighted by Crippen LogP contribution is -2.49. The van der Waals surface area contributed by atoms with Gasteiger partial charge in [-0.15, -0.1) is 11.8 Å². The van der Waals surface area contributed by atoms with Gasteiger partial charge < -0.3 is 9.64 Å². The van der Waals surface area contributed by atoms with Gasteiger partial charge in [0.1, 0.15) is 10.8 Å². The van der Waals surface area contributed by atoms with Crippen molar-refractivity contribution in [3.8, 4) is 11.4 Å². The van der Waals surface area contributed by atoms with Gasteiger partial charge in [-0.25, -0.2) is 8.42 Å². The van der Waals surface area contributed by atoms with Crippen LogP contribution in [0.25, 0.3) is 16.5 Å². The predicted molar refractivity (Wildman–Crippen MR) is 165 cm³/mol. The second-order valence-electron chi connectivity index (χ2n) is 10.3. The number of thioether (sulfide) groups is 1. The van der Waals surface area contributed by atoms with Gasteiger partial charge in [0.25, 0.3) is 0 Å². The maximum absolute atomic E-state index is 13.7. The standard InChI is InChI=1S/C30H31ClN4O4S2/c31-23-9-6-10-24(19-23)35-30(36)29(39-25-11-2-3-12-25)27(20-32-35)33-15-17-34(18-16-33)41(37,38)21-40-28-14-5-8-22-7-1-4-13-26(22)28/h1,4-10,13-14,19-20,25H,2-3,11-12,15-18,21H2. The van der Waals surface area contributed by atoms with Gasteiger partial charge in [-0.05, 0) is 60.7 Å². The van der Waals surface area contributed by atoms with Crippen molar-refractivity contribution < 1.29 is 13.2 Å². The monoisotopic (exact) mass is 610 g/mol. The average Bonchev–Trinajstić information content (AvgIpc) is 3.50. The van der Waals surface area contributed by atoms with Gasteiger partial charge >= 0.3 is 5.56 Å². The Morgan fingerprint density at radius 2 is 1.68 bits per heavy atom. The number of rotatable bonds is 8. The summed E-state index contributed by atoms with van der Waals surface area (Å²) in [6.45, 7) is 1.50. The Bertz CT molecular complexity index is 1710. The number of piperazine rings is 1. The number of benzene rings is 3. The molecule has 1 aromatic heterocycles. The number of hydrogen-bond donors (Lipinski definition) is 0. The normalized spacial score (nSPS) is 16.9.